The zero-order chi connectivity index (χ0) is 16.3. The number of rotatable bonds is 1. The van der Waals surface area contributed by atoms with Gasteiger partial charge in [0.25, 0.3) is 0 Å². The van der Waals surface area contributed by atoms with E-state index in [1.165, 1.54) is 16.7 Å². The second-order valence-electron chi connectivity index (χ2n) is 6.34. The fraction of sp³-hybridized carbons (Fsp3) is 0.211. The molecule has 5 rings (SSSR count). The van der Waals surface area contributed by atoms with Gasteiger partial charge in [-0.15, -0.1) is 0 Å². The number of benzene rings is 2. The zero-order valence-corrected chi connectivity index (χ0v) is 14.4. The fourth-order valence-corrected chi connectivity index (χ4v) is 4.83. The Morgan fingerprint density at radius 1 is 1.17 bits per heavy atom. The second kappa shape index (κ2) is 5.30. The van der Waals surface area contributed by atoms with Crippen LogP contribution < -0.4 is 4.90 Å². The monoisotopic (exact) mass is 356 g/mol. The summed E-state index contributed by atoms with van der Waals surface area (Å²) in [5.41, 5.74) is 6.10. The lowest BCUT2D eigenvalue weighted by Crippen LogP contribution is -2.30. The maximum absolute atomic E-state index is 13.5. The maximum Gasteiger partial charge on any atom is 0.186 e. The summed E-state index contributed by atoms with van der Waals surface area (Å²) in [4.78, 5) is 7.09. The Morgan fingerprint density at radius 2 is 2.08 bits per heavy atom. The lowest BCUT2D eigenvalue weighted by molar-refractivity contribution is 0.626. The first-order chi connectivity index (χ1) is 11.7. The minimum atomic E-state index is -0.145. The maximum atomic E-state index is 13.5. The van der Waals surface area contributed by atoms with Gasteiger partial charge in [0.15, 0.2) is 5.13 Å². The van der Waals surface area contributed by atoms with Crippen molar-refractivity contribution in [1.82, 2.24) is 4.98 Å². The molecule has 1 aromatic heterocycles. The highest BCUT2D eigenvalue weighted by atomic mass is 35.5. The van der Waals surface area contributed by atoms with Crippen LogP contribution in [0.15, 0.2) is 42.0 Å². The Kier molecular flexibility index (Phi) is 3.19. The van der Waals surface area contributed by atoms with Gasteiger partial charge in [-0.2, -0.15) is 0 Å². The summed E-state index contributed by atoms with van der Waals surface area (Å²) < 4.78 is 14.6. The molecule has 2 aliphatic rings. The van der Waals surface area contributed by atoms with E-state index in [0.717, 1.165) is 51.9 Å². The molecule has 5 heteroatoms. The molecule has 0 fully saturated rings. The van der Waals surface area contributed by atoms with E-state index >= 15 is 0 Å². The van der Waals surface area contributed by atoms with E-state index in [9.17, 15) is 4.39 Å². The molecule has 0 bridgehead atoms. The van der Waals surface area contributed by atoms with Gasteiger partial charge in [0.2, 0.25) is 0 Å². The average molecular weight is 357 g/mol. The second-order valence-corrected chi connectivity index (χ2v) is 7.79. The number of hydrogen-bond acceptors (Lipinski definition) is 3. The van der Waals surface area contributed by atoms with Crippen molar-refractivity contribution in [1.29, 1.82) is 0 Å². The van der Waals surface area contributed by atoms with Crippen LogP contribution in [0.3, 0.4) is 0 Å². The number of nitrogens with zero attached hydrogens (tertiary/aromatic N) is 2. The summed E-state index contributed by atoms with van der Waals surface area (Å²) >= 11 is 7.77. The van der Waals surface area contributed by atoms with Crippen LogP contribution in [-0.4, -0.2) is 18.1 Å². The van der Waals surface area contributed by atoms with E-state index in [4.69, 9.17) is 16.6 Å². The number of thiazole rings is 1. The molecule has 2 nitrogen and oxygen atoms in total. The molecule has 120 valence electrons. The van der Waals surface area contributed by atoms with Gasteiger partial charge in [0.05, 0.1) is 10.2 Å². The van der Waals surface area contributed by atoms with Gasteiger partial charge in [-0.1, -0.05) is 34.6 Å². The normalized spacial score (nSPS) is 16.7. The Hall–Kier alpha value is -1.91. The Balaban J connectivity index is 1.50. The van der Waals surface area contributed by atoms with Crippen molar-refractivity contribution in [2.45, 2.75) is 12.8 Å². The van der Waals surface area contributed by atoms with Crippen molar-refractivity contribution >= 4 is 43.9 Å². The van der Waals surface area contributed by atoms with Crippen molar-refractivity contribution in [3.05, 3.63) is 63.9 Å². The molecule has 2 aromatic carbocycles. The molecule has 0 N–H and O–H groups in total. The van der Waals surface area contributed by atoms with E-state index in [1.807, 2.05) is 24.3 Å². The quantitative estimate of drug-likeness (QED) is 0.587. The summed E-state index contributed by atoms with van der Waals surface area (Å²) in [6, 6.07) is 11.0. The highest BCUT2D eigenvalue weighted by molar-refractivity contribution is 7.22. The van der Waals surface area contributed by atoms with Crippen molar-refractivity contribution < 1.29 is 4.39 Å². The molecule has 2 heterocycles. The number of fused-ring (bicyclic) bond motifs is 3. The van der Waals surface area contributed by atoms with Crippen LogP contribution in [0, 0.1) is 5.82 Å². The van der Waals surface area contributed by atoms with Crippen LogP contribution in [0.2, 0.25) is 5.02 Å². The topological polar surface area (TPSA) is 16.1 Å². The molecule has 0 radical (unpaired) electrons. The van der Waals surface area contributed by atoms with E-state index < -0.39 is 0 Å². The molecule has 24 heavy (non-hydrogen) atoms. The van der Waals surface area contributed by atoms with Gasteiger partial charge in [-0.3, -0.25) is 0 Å². The number of aromatic nitrogens is 1. The highest BCUT2D eigenvalue weighted by Crippen LogP contribution is 2.40. The molecular formula is C19H14ClFN2S. The average Bonchev–Trinajstić information content (AvgIpc) is 3.13. The summed E-state index contributed by atoms with van der Waals surface area (Å²) in [5, 5.41) is 1.75. The lowest BCUT2D eigenvalue weighted by atomic mass is 10.0. The van der Waals surface area contributed by atoms with Gasteiger partial charge in [0, 0.05) is 18.1 Å². The Bertz CT molecular complexity index is 1010. The van der Waals surface area contributed by atoms with Gasteiger partial charge in [-0.05, 0) is 59.9 Å². The van der Waals surface area contributed by atoms with E-state index in [1.54, 1.807) is 23.5 Å². The predicted molar refractivity (Wildman–Crippen MR) is 98.5 cm³/mol. The third kappa shape index (κ3) is 2.25. The van der Waals surface area contributed by atoms with Gasteiger partial charge < -0.3 is 4.90 Å². The molecule has 0 saturated carbocycles. The molecule has 1 aliphatic heterocycles. The van der Waals surface area contributed by atoms with Crippen LogP contribution in [-0.2, 0) is 6.42 Å². The number of anilines is 1. The fourth-order valence-electron chi connectivity index (χ4n) is 3.69. The predicted octanol–water partition coefficient (Wildman–Crippen LogP) is 5.31. The molecule has 0 unspecified atom stereocenters. The van der Waals surface area contributed by atoms with Crippen LogP contribution in [0.1, 0.15) is 17.5 Å². The zero-order valence-electron chi connectivity index (χ0n) is 12.9. The van der Waals surface area contributed by atoms with Crippen LogP contribution >= 0.6 is 22.9 Å². The van der Waals surface area contributed by atoms with E-state index in [0.29, 0.717) is 0 Å². The van der Waals surface area contributed by atoms with Crippen molar-refractivity contribution in [3.63, 3.8) is 0 Å². The first-order valence-corrected chi connectivity index (χ1v) is 9.17. The van der Waals surface area contributed by atoms with Crippen LogP contribution in [0.4, 0.5) is 9.52 Å². The SMILES string of the molecule is Fc1ccc2c(c1)CC1=C2CN(c2nc3cc(Cl)ccc3s2)CC1. The molecule has 0 spiro atoms. The van der Waals surface area contributed by atoms with Gasteiger partial charge >= 0.3 is 0 Å². The summed E-state index contributed by atoms with van der Waals surface area (Å²) in [6.07, 6.45) is 1.91. The lowest BCUT2D eigenvalue weighted by Gasteiger charge is -2.28. The van der Waals surface area contributed by atoms with Crippen molar-refractivity contribution in [2.75, 3.05) is 18.0 Å². The minimum absolute atomic E-state index is 0.145. The summed E-state index contributed by atoms with van der Waals surface area (Å²) in [7, 11) is 0. The summed E-state index contributed by atoms with van der Waals surface area (Å²) in [6.45, 7) is 1.81. The largest absolute Gasteiger partial charge is 0.343 e. The third-order valence-electron chi connectivity index (χ3n) is 4.86. The first kappa shape index (κ1) is 14.4. The van der Waals surface area contributed by atoms with E-state index in [2.05, 4.69) is 4.90 Å². The van der Waals surface area contributed by atoms with Crippen LogP contribution in [0.5, 0.6) is 0 Å². The first-order valence-electron chi connectivity index (χ1n) is 7.98. The van der Waals surface area contributed by atoms with Crippen LogP contribution in [0.25, 0.3) is 15.8 Å². The van der Waals surface area contributed by atoms with Gasteiger partial charge in [-0.25, -0.2) is 9.37 Å². The van der Waals surface area contributed by atoms with E-state index in [-0.39, 0.29) is 5.82 Å². The van der Waals surface area contributed by atoms with Crippen molar-refractivity contribution in [3.8, 4) is 0 Å². The molecule has 0 atom stereocenters. The molecule has 0 saturated heterocycles. The summed E-state index contributed by atoms with van der Waals surface area (Å²) in [5.74, 6) is -0.145. The Morgan fingerprint density at radius 3 is 3.00 bits per heavy atom. The molecule has 0 amide bonds. The number of halogens is 2. The minimum Gasteiger partial charge on any atom is -0.343 e. The smallest absolute Gasteiger partial charge is 0.186 e. The molecule has 3 aromatic rings. The highest BCUT2D eigenvalue weighted by Gasteiger charge is 2.28. The Labute approximate surface area is 148 Å². The molecule has 1 aliphatic carbocycles. The molecular weight excluding hydrogens is 343 g/mol. The van der Waals surface area contributed by atoms with Crippen molar-refractivity contribution in [2.24, 2.45) is 0 Å². The standard InChI is InChI=1S/C19H14ClFN2S/c20-13-1-4-18-17(9-13)22-19(24-18)23-6-5-11-7-12-8-14(21)2-3-15(12)16(11)10-23/h1-4,8-9H,5-7,10H2. The number of hydrogen-bond donors (Lipinski definition) is 0. The third-order valence-corrected chi connectivity index (χ3v) is 6.20. The van der Waals surface area contributed by atoms with Gasteiger partial charge in [0.1, 0.15) is 5.82 Å².